The summed E-state index contributed by atoms with van der Waals surface area (Å²) in [6.45, 7) is 2.51. The van der Waals surface area contributed by atoms with Gasteiger partial charge in [-0.2, -0.15) is 0 Å². The van der Waals surface area contributed by atoms with E-state index in [-0.39, 0.29) is 17.6 Å². The van der Waals surface area contributed by atoms with E-state index in [1.165, 1.54) is 0 Å². The average molecular weight is 342 g/mol. The number of amides is 2. The summed E-state index contributed by atoms with van der Waals surface area (Å²) in [6, 6.07) is 7.36. The molecule has 3 rings (SSSR count). The summed E-state index contributed by atoms with van der Waals surface area (Å²) >= 11 is 0. The Morgan fingerprint density at radius 1 is 1.44 bits per heavy atom. The number of nitrogens with one attached hydrogen (secondary N) is 2. The van der Waals surface area contributed by atoms with Crippen LogP contribution in [0.3, 0.4) is 0 Å². The molecule has 1 aliphatic rings. The fourth-order valence-electron chi connectivity index (χ4n) is 3.43. The molecule has 0 bridgehead atoms. The molecule has 134 valence electrons. The zero-order valence-corrected chi connectivity index (χ0v) is 14.8. The Hall–Kier alpha value is -2.34. The topological polar surface area (TPSA) is 79.2 Å². The maximum atomic E-state index is 12.2. The van der Waals surface area contributed by atoms with Crippen LogP contribution in [0, 0.1) is 5.41 Å². The van der Waals surface area contributed by atoms with Crippen LogP contribution in [0.1, 0.15) is 32.6 Å². The van der Waals surface area contributed by atoms with Crippen LogP contribution in [0.5, 0.6) is 0 Å². The Kier molecular flexibility index (Phi) is 5.08. The molecule has 0 unspecified atom stereocenters. The molecule has 2 atom stereocenters. The van der Waals surface area contributed by atoms with Gasteiger partial charge in [-0.1, -0.05) is 31.9 Å². The molecule has 1 saturated carbocycles. The van der Waals surface area contributed by atoms with Crippen molar-refractivity contribution < 1.29 is 9.90 Å². The highest BCUT2D eigenvalue weighted by Gasteiger charge is 2.35. The van der Waals surface area contributed by atoms with Gasteiger partial charge in [0.25, 0.3) is 0 Å². The van der Waals surface area contributed by atoms with Crippen LogP contribution in [-0.4, -0.2) is 33.3 Å². The van der Waals surface area contributed by atoms with E-state index in [2.05, 4.69) is 15.6 Å². The SMILES string of the molecule is Cn1ccnc1-c1cccc(NC(=O)NC[C@]2(C)CCCC[C@@H]2O)c1. The third-order valence-corrected chi connectivity index (χ3v) is 5.13. The molecular formula is C19H26N4O2. The van der Waals surface area contributed by atoms with Crippen molar-refractivity contribution in [3.63, 3.8) is 0 Å². The lowest BCUT2D eigenvalue weighted by Gasteiger charge is -2.38. The lowest BCUT2D eigenvalue weighted by atomic mass is 9.73. The lowest BCUT2D eigenvalue weighted by Crippen LogP contribution is -2.46. The number of urea groups is 1. The maximum Gasteiger partial charge on any atom is 0.319 e. The normalized spacial score (nSPS) is 23.2. The second kappa shape index (κ2) is 7.27. The van der Waals surface area contributed by atoms with E-state index in [4.69, 9.17) is 0 Å². The first-order valence-corrected chi connectivity index (χ1v) is 8.79. The number of benzene rings is 1. The zero-order valence-electron chi connectivity index (χ0n) is 14.8. The van der Waals surface area contributed by atoms with Crippen molar-refractivity contribution in [3.8, 4) is 11.4 Å². The number of hydrogen-bond acceptors (Lipinski definition) is 3. The molecule has 1 aromatic carbocycles. The Morgan fingerprint density at radius 2 is 2.28 bits per heavy atom. The molecule has 2 aromatic rings. The molecule has 0 radical (unpaired) electrons. The van der Waals surface area contributed by atoms with Crippen molar-refractivity contribution in [1.29, 1.82) is 0 Å². The molecular weight excluding hydrogens is 316 g/mol. The number of hydrogen-bond donors (Lipinski definition) is 3. The zero-order chi connectivity index (χ0) is 17.9. The third-order valence-electron chi connectivity index (χ3n) is 5.13. The van der Waals surface area contributed by atoms with E-state index >= 15 is 0 Å². The van der Waals surface area contributed by atoms with Crippen molar-refractivity contribution in [1.82, 2.24) is 14.9 Å². The largest absolute Gasteiger partial charge is 0.392 e. The van der Waals surface area contributed by atoms with Gasteiger partial charge in [0.05, 0.1) is 6.10 Å². The molecule has 1 fully saturated rings. The Labute approximate surface area is 148 Å². The fourth-order valence-corrected chi connectivity index (χ4v) is 3.43. The number of anilines is 1. The van der Waals surface area contributed by atoms with Gasteiger partial charge in [-0.15, -0.1) is 0 Å². The smallest absolute Gasteiger partial charge is 0.319 e. The standard InChI is InChI=1S/C19H26N4O2/c1-19(9-4-3-8-16(19)24)13-21-18(25)22-15-7-5-6-14(12-15)17-20-10-11-23(17)2/h5-7,10-12,16,24H,3-4,8-9,13H2,1-2H3,(H2,21,22,25)/t16-,19-/m0/s1. The van der Waals surface area contributed by atoms with Crippen LogP contribution >= 0.6 is 0 Å². The summed E-state index contributed by atoms with van der Waals surface area (Å²) in [7, 11) is 1.94. The summed E-state index contributed by atoms with van der Waals surface area (Å²) in [5.41, 5.74) is 1.41. The number of carbonyl (C=O) groups excluding carboxylic acids is 1. The fraction of sp³-hybridized carbons (Fsp3) is 0.474. The van der Waals surface area contributed by atoms with Gasteiger partial charge in [-0.3, -0.25) is 0 Å². The summed E-state index contributed by atoms with van der Waals surface area (Å²) in [5.74, 6) is 0.849. The first-order valence-electron chi connectivity index (χ1n) is 8.79. The second-order valence-electron chi connectivity index (χ2n) is 7.17. The molecule has 25 heavy (non-hydrogen) atoms. The summed E-state index contributed by atoms with van der Waals surface area (Å²) < 4.78 is 1.94. The minimum Gasteiger partial charge on any atom is -0.392 e. The predicted molar refractivity (Wildman–Crippen MR) is 98.2 cm³/mol. The van der Waals surface area contributed by atoms with E-state index in [0.717, 1.165) is 37.1 Å². The van der Waals surface area contributed by atoms with Crippen molar-refractivity contribution in [2.24, 2.45) is 12.5 Å². The van der Waals surface area contributed by atoms with Crippen molar-refractivity contribution >= 4 is 11.7 Å². The lowest BCUT2D eigenvalue weighted by molar-refractivity contribution is 0.00333. The highest BCUT2D eigenvalue weighted by atomic mass is 16.3. The van der Waals surface area contributed by atoms with Crippen LogP contribution in [0.2, 0.25) is 0 Å². The monoisotopic (exact) mass is 342 g/mol. The number of aliphatic hydroxyl groups excluding tert-OH is 1. The quantitative estimate of drug-likeness (QED) is 0.798. The first-order chi connectivity index (χ1) is 12.0. The van der Waals surface area contributed by atoms with E-state index in [1.807, 2.05) is 49.0 Å². The number of nitrogens with zero attached hydrogens (tertiary/aromatic N) is 2. The van der Waals surface area contributed by atoms with Crippen LogP contribution < -0.4 is 10.6 Å². The van der Waals surface area contributed by atoms with Gasteiger partial charge in [0, 0.05) is 42.7 Å². The van der Waals surface area contributed by atoms with E-state index in [9.17, 15) is 9.90 Å². The van der Waals surface area contributed by atoms with Crippen LogP contribution in [0.15, 0.2) is 36.7 Å². The van der Waals surface area contributed by atoms with Crippen LogP contribution in [-0.2, 0) is 7.05 Å². The minimum absolute atomic E-state index is 0.246. The van der Waals surface area contributed by atoms with Gasteiger partial charge in [0.1, 0.15) is 5.82 Å². The highest BCUT2D eigenvalue weighted by Crippen LogP contribution is 2.35. The number of aromatic nitrogens is 2. The van der Waals surface area contributed by atoms with E-state index in [0.29, 0.717) is 12.2 Å². The first kappa shape index (κ1) is 17.5. The van der Waals surface area contributed by atoms with Gasteiger partial charge >= 0.3 is 6.03 Å². The summed E-state index contributed by atoms with van der Waals surface area (Å²) in [4.78, 5) is 16.6. The second-order valence-corrected chi connectivity index (χ2v) is 7.17. The van der Waals surface area contributed by atoms with E-state index < -0.39 is 0 Å². The average Bonchev–Trinajstić information content (AvgIpc) is 3.02. The summed E-state index contributed by atoms with van der Waals surface area (Å²) in [6.07, 6.45) is 7.19. The number of aryl methyl sites for hydroxylation is 1. The van der Waals surface area contributed by atoms with Gasteiger partial charge in [-0.25, -0.2) is 9.78 Å². The third kappa shape index (κ3) is 4.02. The number of imidazole rings is 1. The highest BCUT2D eigenvalue weighted by molar-refractivity contribution is 5.90. The number of carbonyl (C=O) groups is 1. The molecule has 1 aromatic heterocycles. The molecule has 0 aliphatic heterocycles. The number of aliphatic hydroxyl groups is 1. The molecule has 6 nitrogen and oxygen atoms in total. The molecule has 2 amide bonds. The maximum absolute atomic E-state index is 12.2. The Bertz CT molecular complexity index is 743. The number of rotatable bonds is 4. The van der Waals surface area contributed by atoms with Crippen molar-refractivity contribution in [2.75, 3.05) is 11.9 Å². The molecule has 1 aliphatic carbocycles. The van der Waals surface area contributed by atoms with Gasteiger partial charge < -0.3 is 20.3 Å². The molecule has 6 heteroatoms. The Morgan fingerprint density at radius 3 is 3.00 bits per heavy atom. The van der Waals surface area contributed by atoms with Crippen LogP contribution in [0.4, 0.5) is 10.5 Å². The van der Waals surface area contributed by atoms with Gasteiger partial charge in [0.2, 0.25) is 0 Å². The molecule has 0 saturated heterocycles. The predicted octanol–water partition coefficient (Wildman–Crippen LogP) is 3.15. The van der Waals surface area contributed by atoms with Crippen molar-refractivity contribution in [2.45, 2.75) is 38.7 Å². The van der Waals surface area contributed by atoms with Gasteiger partial charge in [0.15, 0.2) is 0 Å². The van der Waals surface area contributed by atoms with Gasteiger partial charge in [-0.05, 0) is 25.0 Å². The Balaban J connectivity index is 1.61. The van der Waals surface area contributed by atoms with E-state index in [1.54, 1.807) is 6.20 Å². The van der Waals surface area contributed by atoms with Crippen LogP contribution in [0.25, 0.3) is 11.4 Å². The summed E-state index contributed by atoms with van der Waals surface area (Å²) in [5, 5.41) is 16.0. The van der Waals surface area contributed by atoms with Crippen molar-refractivity contribution in [3.05, 3.63) is 36.7 Å². The minimum atomic E-state index is -0.353. The molecule has 1 heterocycles. The molecule has 0 spiro atoms. The molecule has 3 N–H and O–H groups in total.